The summed E-state index contributed by atoms with van der Waals surface area (Å²) in [4.78, 5) is 0. The summed E-state index contributed by atoms with van der Waals surface area (Å²) in [5.41, 5.74) is 1.05. The van der Waals surface area contributed by atoms with Crippen LogP contribution in [0.2, 0.25) is 5.02 Å². The largest absolute Gasteiger partial charge is 0.394 e. The van der Waals surface area contributed by atoms with Gasteiger partial charge < -0.3 is 14.6 Å². The molecule has 3 rings (SSSR count). The van der Waals surface area contributed by atoms with E-state index in [0.717, 1.165) is 36.3 Å². The Labute approximate surface area is 124 Å². The highest BCUT2D eigenvalue weighted by atomic mass is 35.5. The first-order valence-corrected chi connectivity index (χ1v) is 7.80. The van der Waals surface area contributed by atoms with Crippen molar-refractivity contribution in [3.63, 3.8) is 0 Å². The SMILES string of the molecule is OC[C@H]1OC2(CCCCC2)O[C@@H]1Cc1ccccc1Cl. The minimum Gasteiger partial charge on any atom is -0.394 e. The molecular formula is C16H21ClO3. The molecule has 1 aromatic carbocycles. The lowest BCUT2D eigenvalue weighted by atomic mass is 9.94. The summed E-state index contributed by atoms with van der Waals surface area (Å²) < 4.78 is 12.3. The van der Waals surface area contributed by atoms with Crippen molar-refractivity contribution in [2.75, 3.05) is 6.61 Å². The lowest BCUT2D eigenvalue weighted by molar-refractivity contribution is -0.195. The van der Waals surface area contributed by atoms with E-state index in [9.17, 15) is 5.11 Å². The molecule has 1 aromatic rings. The second kappa shape index (κ2) is 6.02. The summed E-state index contributed by atoms with van der Waals surface area (Å²) in [5, 5.41) is 10.3. The first kappa shape index (κ1) is 14.3. The van der Waals surface area contributed by atoms with Crippen LogP contribution in [0.4, 0.5) is 0 Å². The van der Waals surface area contributed by atoms with Gasteiger partial charge in [-0.1, -0.05) is 36.2 Å². The van der Waals surface area contributed by atoms with E-state index in [4.69, 9.17) is 21.1 Å². The Balaban J connectivity index is 1.73. The molecule has 3 nitrogen and oxygen atoms in total. The van der Waals surface area contributed by atoms with Gasteiger partial charge in [0, 0.05) is 24.3 Å². The number of aliphatic hydroxyl groups is 1. The summed E-state index contributed by atoms with van der Waals surface area (Å²) >= 11 is 6.21. The number of hydrogen-bond acceptors (Lipinski definition) is 3. The molecule has 1 aliphatic carbocycles. The molecule has 1 N–H and O–H groups in total. The Bertz CT molecular complexity index is 457. The fraction of sp³-hybridized carbons (Fsp3) is 0.625. The highest BCUT2D eigenvalue weighted by Crippen LogP contribution is 2.41. The summed E-state index contributed by atoms with van der Waals surface area (Å²) in [6.45, 7) is -0.00311. The van der Waals surface area contributed by atoms with Gasteiger partial charge in [0.15, 0.2) is 5.79 Å². The van der Waals surface area contributed by atoms with E-state index in [0.29, 0.717) is 6.42 Å². The van der Waals surface area contributed by atoms with Crippen molar-refractivity contribution in [2.45, 2.75) is 56.5 Å². The minimum atomic E-state index is -0.461. The van der Waals surface area contributed by atoms with Gasteiger partial charge >= 0.3 is 0 Å². The molecule has 1 heterocycles. The van der Waals surface area contributed by atoms with Crippen LogP contribution in [0.25, 0.3) is 0 Å². The van der Waals surface area contributed by atoms with Crippen LogP contribution in [-0.2, 0) is 15.9 Å². The van der Waals surface area contributed by atoms with Gasteiger partial charge in [0.2, 0.25) is 0 Å². The van der Waals surface area contributed by atoms with Crippen LogP contribution in [0.5, 0.6) is 0 Å². The smallest absolute Gasteiger partial charge is 0.169 e. The fourth-order valence-corrected chi connectivity index (χ4v) is 3.48. The molecule has 1 spiro atoms. The molecule has 2 atom stereocenters. The third-order valence-electron chi connectivity index (χ3n) is 4.32. The van der Waals surface area contributed by atoms with Gasteiger partial charge in [0.1, 0.15) is 6.10 Å². The zero-order valence-corrected chi connectivity index (χ0v) is 12.3. The minimum absolute atomic E-state index is 0.00311. The molecule has 1 saturated carbocycles. The normalized spacial score (nSPS) is 28.9. The topological polar surface area (TPSA) is 38.7 Å². The average molecular weight is 297 g/mol. The zero-order valence-electron chi connectivity index (χ0n) is 11.6. The lowest BCUT2D eigenvalue weighted by Gasteiger charge is -2.32. The second-order valence-electron chi connectivity index (χ2n) is 5.76. The van der Waals surface area contributed by atoms with E-state index in [2.05, 4.69) is 0 Å². The summed E-state index contributed by atoms with van der Waals surface area (Å²) in [7, 11) is 0. The monoisotopic (exact) mass is 296 g/mol. The Kier molecular flexibility index (Phi) is 4.32. The van der Waals surface area contributed by atoms with Crippen LogP contribution in [0, 0.1) is 0 Å². The van der Waals surface area contributed by atoms with Gasteiger partial charge in [-0.15, -0.1) is 0 Å². The summed E-state index contributed by atoms with van der Waals surface area (Å²) in [5.74, 6) is -0.461. The van der Waals surface area contributed by atoms with Crippen LogP contribution in [0.1, 0.15) is 37.7 Å². The van der Waals surface area contributed by atoms with Gasteiger partial charge in [-0.3, -0.25) is 0 Å². The molecule has 4 heteroatoms. The summed E-state index contributed by atoms with van der Waals surface area (Å²) in [6.07, 6.45) is 5.71. The highest BCUT2D eigenvalue weighted by molar-refractivity contribution is 6.31. The number of halogens is 1. The van der Waals surface area contributed by atoms with E-state index < -0.39 is 5.79 Å². The van der Waals surface area contributed by atoms with Crippen LogP contribution < -0.4 is 0 Å². The Morgan fingerprint density at radius 1 is 1.10 bits per heavy atom. The number of rotatable bonds is 3. The molecule has 1 aliphatic heterocycles. The quantitative estimate of drug-likeness (QED) is 0.930. The van der Waals surface area contributed by atoms with Crippen molar-refractivity contribution >= 4 is 11.6 Å². The van der Waals surface area contributed by atoms with E-state index in [1.807, 2.05) is 24.3 Å². The van der Waals surface area contributed by atoms with Crippen molar-refractivity contribution in [1.29, 1.82) is 0 Å². The predicted molar refractivity (Wildman–Crippen MR) is 77.8 cm³/mol. The van der Waals surface area contributed by atoms with Crippen molar-refractivity contribution < 1.29 is 14.6 Å². The number of aliphatic hydroxyl groups excluding tert-OH is 1. The second-order valence-corrected chi connectivity index (χ2v) is 6.17. The van der Waals surface area contributed by atoms with Crippen molar-refractivity contribution in [1.82, 2.24) is 0 Å². The Morgan fingerprint density at radius 2 is 1.80 bits per heavy atom. The van der Waals surface area contributed by atoms with Gasteiger partial charge in [-0.2, -0.15) is 0 Å². The Hall–Kier alpha value is -0.610. The summed E-state index contributed by atoms with van der Waals surface area (Å²) in [6, 6.07) is 7.79. The molecule has 0 amide bonds. The highest BCUT2D eigenvalue weighted by Gasteiger charge is 2.47. The maximum Gasteiger partial charge on any atom is 0.169 e. The first-order chi connectivity index (χ1) is 9.72. The van der Waals surface area contributed by atoms with Gasteiger partial charge in [-0.25, -0.2) is 0 Å². The van der Waals surface area contributed by atoms with Crippen molar-refractivity contribution in [2.24, 2.45) is 0 Å². The van der Waals surface area contributed by atoms with Crippen LogP contribution in [0.3, 0.4) is 0 Å². The van der Waals surface area contributed by atoms with Gasteiger partial charge in [-0.05, 0) is 24.5 Å². The molecule has 0 unspecified atom stereocenters. The van der Waals surface area contributed by atoms with E-state index in [-0.39, 0.29) is 18.8 Å². The van der Waals surface area contributed by atoms with E-state index in [1.165, 1.54) is 6.42 Å². The zero-order chi connectivity index (χ0) is 14.0. The third-order valence-corrected chi connectivity index (χ3v) is 4.69. The molecule has 2 aliphatic rings. The number of ether oxygens (including phenoxy) is 2. The fourth-order valence-electron chi connectivity index (χ4n) is 3.27. The predicted octanol–water partition coefficient (Wildman–Crippen LogP) is 3.32. The molecule has 2 fully saturated rings. The molecule has 0 aromatic heterocycles. The standard InChI is InChI=1S/C16H21ClO3/c17-13-7-3-2-6-12(13)10-14-15(11-18)20-16(19-14)8-4-1-5-9-16/h2-3,6-7,14-15,18H,1,4-5,8-11H2/t14-,15-/m1/s1. The first-order valence-electron chi connectivity index (χ1n) is 7.42. The third kappa shape index (κ3) is 2.86. The van der Waals surface area contributed by atoms with Crippen LogP contribution >= 0.6 is 11.6 Å². The molecule has 20 heavy (non-hydrogen) atoms. The maximum atomic E-state index is 9.56. The molecule has 110 valence electrons. The maximum absolute atomic E-state index is 9.56. The van der Waals surface area contributed by atoms with Crippen LogP contribution in [0.15, 0.2) is 24.3 Å². The number of benzene rings is 1. The van der Waals surface area contributed by atoms with Gasteiger partial charge in [0.05, 0.1) is 12.7 Å². The molecule has 1 saturated heterocycles. The van der Waals surface area contributed by atoms with Crippen molar-refractivity contribution in [3.8, 4) is 0 Å². The Morgan fingerprint density at radius 3 is 2.50 bits per heavy atom. The number of hydrogen-bond donors (Lipinski definition) is 1. The van der Waals surface area contributed by atoms with Crippen molar-refractivity contribution in [3.05, 3.63) is 34.9 Å². The van der Waals surface area contributed by atoms with Gasteiger partial charge in [0.25, 0.3) is 0 Å². The van der Waals surface area contributed by atoms with Crippen LogP contribution in [-0.4, -0.2) is 29.7 Å². The molecular weight excluding hydrogens is 276 g/mol. The van der Waals surface area contributed by atoms with E-state index in [1.54, 1.807) is 0 Å². The lowest BCUT2D eigenvalue weighted by Crippen LogP contribution is -2.33. The van der Waals surface area contributed by atoms with E-state index >= 15 is 0 Å². The average Bonchev–Trinajstić information content (AvgIpc) is 2.79. The molecule has 0 radical (unpaired) electrons. The molecule has 0 bridgehead atoms.